The van der Waals surface area contributed by atoms with E-state index in [9.17, 15) is 4.79 Å². The molecule has 3 rings (SSSR count). The Morgan fingerprint density at radius 1 is 1.38 bits per heavy atom. The van der Waals surface area contributed by atoms with Crippen molar-refractivity contribution in [2.24, 2.45) is 5.92 Å². The topological polar surface area (TPSA) is 58.1 Å². The normalized spacial score (nSPS) is 17.3. The molecule has 5 nitrogen and oxygen atoms in total. The van der Waals surface area contributed by atoms with Crippen LogP contribution in [0.25, 0.3) is 0 Å². The number of hydrogen-bond donors (Lipinski definition) is 1. The number of nitrogens with zero attached hydrogens (tertiary/aromatic N) is 3. The van der Waals surface area contributed by atoms with E-state index in [1.807, 2.05) is 24.3 Å². The van der Waals surface area contributed by atoms with Crippen LogP contribution in [0.5, 0.6) is 0 Å². The van der Waals surface area contributed by atoms with Crippen LogP contribution in [0.2, 0.25) is 5.02 Å². The van der Waals surface area contributed by atoms with Crippen LogP contribution in [0.4, 0.5) is 5.13 Å². The Balaban J connectivity index is 1.57. The van der Waals surface area contributed by atoms with Crippen molar-refractivity contribution < 1.29 is 4.79 Å². The third-order valence-electron chi connectivity index (χ3n) is 4.63. The molecule has 1 atom stereocenters. The average molecular weight is 393 g/mol. The van der Waals surface area contributed by atoms with E-state index in [0.717, 1.165) is 66.9 Å². The van der Waals surface area contributed by atoms with Crippen molar-refractivity contribution in [1.29, 1.82) is 0 Å². The van der Waals surface area contributed by atoms with Gasteiger partial charge in [-0.05, 0) is 37.0 Å². The number of halogens is 1. The van der Waals surface area contributed by atoms with Gasteiger partial charge in [-0.2, -0.15) is 4.37 Å². The fraction of sp³-hybridized carbons (Fsp3) is 0.526. The number of amides is 1. The van der Waals surface area contributed by atoms with Gasteiger partial charge in [0.2, 0.25) is 11.0 Å². The predicted molar refractivity (Wildman–Crippen MR) is 107 cm³/mol. The molecular formula is C19H25ClN4OS. The van der Waals surface area contributed by atoms with Crippen LogP contribution in [-0.2, 0) is 11.2 Å². The van der Waals surface area contributed by atoms with Gasteiger partial charge < -0.3 is 10.2 Å². The Hall–Kier alpha value is -1.66. The number of aromatic nitrogens is 2. The lowest BCUT2D eigenvalue weighted by molar-refractivity contribution is -0.125. The Bertz CT molecular complexity index is 719. The number of carbonyl (C=O) groups excluding carboxylic acids is 1. The number of carbonyl (C=O) groups is 1. The van der Waals surface area contributed by atoms with Gasteiger partial charge in [0.15, 0.2) is 0 Å². The van der Waals surface area contributed by atoms with Gasteiger partial charge in [0.1, 0.15) is 5.82 Å². The molecule has 1 aliphatic heterocycles. The van der Waals surface area contributed by atoms with E-state index in [2.05, 4.69) is 26.5 Å². The molecule has 26 heavy (non-hydrogen) atoms. The van der Waals surface area contributed by atoms with E-state index in [0.29, 0.717) is 6.42 Å². The SMILES string of the molecule is CCCCNC(=O)[C@@H]1CCCN(c2nc(Cc3ccc(Cl)cc3)ns2)C1. The number of anilines is 1. The lowest BCUT2D eigenvalue weighted by Crippen LogP contribution is -2.43. The number of benzene rings is 1. The monoisotopic (exact) mass is 392 g/mol. The van der Waals surface area contributed by atoms with Gasteiger partial charge in [-0.25, -0.2) is 4.98 Å². The smallest absolute Gasteiger partial charge is 0.224 e. The third-order valence-corrected chi connectivity index (χ3v) is 5.69. The van der Waals surface area contributed by atoms with Crippen LogP contribution in [0.1, 0.15) is 44.0 Å². The lowest BCUT2D eigenvalue weighted by atomic mass is 9.97. The van der Waals surface area contributed by atoms with Gasteiger partial charge in [0, 0.05) is 42.6 Å². The molecule has 7 heteroatoms. The molecule has 1 aliphatic rings. The zero-order valence-corrected chi connectivity index (χ0v) is 16.7. The second-order valence-corrected chi connectivity index (χ2v) is 7.89. The van der Waals surface area contributed by atoms with Crippen molar-refractivity contribution in [3.63, 3.8) is 0 Å². The average Bonchev–Trinajstić information content (AvgIpc) is 3.12. The third kappa shape index (κ3) is 5.17. The van der Waals surface area contributed by atoms with Crippen LogP contribution in [0.15, 0.2) is 24.3 Å². The summed E-state index contributed by atoms with van der Waals surface area (Å²) in [5, 5.41) is 4.71. The van der Waals surface area contributed by atoms with Crippen LogP contribution >= 0.6 is 23.1 Å². The number of unbranched alkanes of at least 4 members (excludes halogenated alkanes) is 1. The minimum absolute atomic E-state index is 0.0456. The summed E-state index contributed by atoms with van der Waals surface area (Å²) in [6.45, 7) is 4.57. The molecule has 1 amide bonds. The first-order valence-corrected chi connectivity index (χ1v) is 10.4. The molecule has 1 fully saturated rings. The molecule has 1 aromatic carbocycles. The van der Waals surface area contributed by atoms with Crippen molar-refractivity contribution in [1.82, 2.24) is 14.7 Å². The van der Waals surface area contributed by atoms with E-state index in [1.54, 1.807) is 0 Å². The molecule has 1 saturated heterocycles. The van der Waals surface area contributed by atoms with Gasteiger partial charge in [0.25, 0.3) is 0 Å². The fourth-order valence-electron chi connectivity index (χ4n) is 3.13. The van der Waals surface area contributed by atoms with Crippen molar-refractivity contribution in [3.05, 3.63) is 40.7 Å². The second-order valence-electron chi connectivity index (χ2n) is 6.73. The highest BCUT2D eigenvalue weighted by Gasteiger charge is 2.27. The van der Waals surface area contributed by atoms with E-state index >= 15 is 0 Å². The van der Waals surface area contributed by atoms with E-state index in [1.165, 1.54) is 11.5 Å². The van der Waals surface area contributed by atoms with Crippen LogP contribution in [0.3, 0.4) is 0 Å². The highest BCUT2D eigenvalue weighted by Crippen LogP contribution is 2.25. The van der Waals surface area contributed by atoms with E-state index in [4.69, 9.17) is 11.6 Å². The largest absolute Gasteiger partial charge is 0.356 e. The zero-order chi connectivity index (χ0) is 18.4. The van der Waals surface area contributed by atoms with Crippen LogP contribution < -0.4 is 10.2 Å². The Labute approximate surface area is 163 Å². The second kappa shape index (κ2) is 9.33. The lowest BCUT2D eigenvalue weighted by Gasteiger charge is -2.31. The summed E-state index contributed by atoms with van der Waals surface area (Å²) in [4.78, 5) is 19.2. The Kier molecular flexibility index (Phi) is 6.86. The van der Waals surface area contributed by atoms with Gasteiger partial charge in [-0.1, -0.05) is 37.1 Å². The first kappa shape index (κ1) is 19.1. The summed E-state index contributed by atoms with van der Waals surface area (Å²) in [5.74, 6) is 1.04. The maximum Gasteiger partial charge on any atom is 0.224 e. The quantitative estimate of drug-likeness (QED) is 0.725. The first-order valence-electron chi connectivity index (χ1n) is 9.25. The van der Waals surface area contributed by atoms with Crippen molar-refractivity contribution in [3.8, 4) is 0 Å². The van der Waals surface area contributed by atoms with Crippen LogP contribution in [0, 0.1) is 5.92 Å². The summed E-state index contributed by atoms with van der Waals surface area (Å²) in [6, 6.07) is 7.77. The van der Waals surface area contributed by atoms with Crippen molar-refractivity contribution in [2.45, 2.75) is 39.0 Å². The predicted octanol–water partition coefficient (Wildman–Crippen LogP) is 3.92. The molecule has 1 N–H and O–H groups in total. The Morgan fingerprint density at radius 2 is 2.19 bits per heavy atom. The summed E-state index contributed by atoms with van der Waals surface area (Å²) < 4.78 is 4.50. The number of nitrogens with one attached hydrogen (secondary N) is 1. The zero-order valence-electron chi connectivity index (χ0n) is 15.1. The molecule has 0 unspecified atom stereocenters. The van der Waals surface area contributed by atoms with Crippen molar-refractivity contribution >= 4 is 34.2 Å². The van der Waals surface area contributed by atoms with Gasteiger partial charge in [-0.15, -0.1) is 0 Å². The number of rotatable bonds is 7. The fourth-order valence-corrected chi connectivity index (χ4v) is 3.97. The molecular weight excluding hydrogens is 368 g/mol. The molecule has 2 aromatic rings. The molecule has 0 radical (unpaired) electrons. The summed E-state index contributed by atoms with van der Waals surface area (Å²) >= 11 is 7.35. The van der Waals surface area contributed by atoms with Crippen molar-refractivity contribution in [2.75, 3.05) is 24.5 Å². The van der Waals surface area contributed by atoms with Crippen LogP contribution in [-0.4, -0.2) is 34.9 Å². The highest BCUT2D eigenvalue weighted by molar-refractivity contribution is 7.09. The molecule has 140 valence electrons. The molecule has 0 saturated carbocycles. The van der Waals surface area contributed by atoms with E-state index < -0.39 is 0 Å². The molecule has 0 spiro atoms. The summed E-state index contributed by atoms with van der Waals surface area (Å²) in [7, 11) is 0. The van der Waals surface area contributed by atoms with Gasteiger partial charge >= 0.3 is 0 Å². The standard InChI is InChI=1S/C19H25ClN4OS/c1-2-3-10-21-18(25)15-5-4-11-24(13-15)19-22-17(23-26-19)12-14-6-8-16(20)9-7-14/h6-9,15H,2-5,10-13H2,1H3,(H,21,25)/t15-/m1/s1. The first-order chi connectivity index (χ1) is 12.7. The van der Waals surface area contributed by atoms with Gasteiger partial charge in [0.05, 0.1) is 5.92 Å². The molecule has 1 aromatic heterocycles. The molecule has 2 heterocycles. The van der Waals surface area contributed by atoms with Gasteiger partial charge in [-0.3, -0.25) is 4.79 Å². The summed E-state index contributed by atoms with van der Waals surface area (Å²) in [6.07, 6.45) is 4.79. The van der Waals surface area contributed by atoms with E-state index in [-0.39, 0.29) is 11.8 Å². The number of piperidine rings is 1. The number of hydrogen-bond acceptors (Lipinski definition) is 5. The molecule has 0 aliphatic carbocycles. The molecule has 0 bridgehead atoms. The Morgan fingerprint density at radius 3 is 2.96 bits per heavy atom. The maximum absolute atomic E-state index is 12.3. The summed E-state index contributed by atoms with van der Waals surface area (Å²) in [5.41, 5.74) is 1.14. The maximum atomic E-state index is 12.3. The highest BCUT2D eigenvalue weighted by atomic mass is 35.5. The minimum Gasteiger partial charge on any atom is -0.356 e. The minimum atomic E-state index is 0.0456.